The van der Waals surface area contributed by atoms with E-state index in [0.29, 0.717) is 5.69 Å². The molecule has 0 saturated carbocycles. The van der Waals surface area contributed by atoms with E-state index in [1.807, 2.05) is 26.0 Å². The number of pyridine rings is 1. The van der Waals surface area contributed by atoms with Crippen LogP contribution in [0.2, 0.25) is 10.0 Å². The summed E-state index contributed by atoms with van der Waals surface area (Å²) in [6.45, 7) is 3.84. The quantitative estimate of drug-likeness (QED) is 0.334. The summed E-state index contributed by atoms with van der Waals surface area (Å²) in [5, 5.41) is 17.5. The van der Waals surface area contributed by atoms with Gasteiger partial charge in [-0.15, -0.1) is 10.2 Å². The van der Waals surface area contributed by atoms with Gasteiger partial charge in [0.1, 0.15) is 11.4 Å². The molecule has 6 nitrogen and oxygen atoms in total. The summed E-state index contributed by atoms with van der Waals surface area (Å²) in [5.41, 5.74) is 3.01. The van der Waals surface area contributed by atoms with E-state index in [1.54, 1.807) is 6.20 Å². The summed E-state index contributed by atoms with van der Waals surface area (Å²) in [5.74, 6) is -0.214. The van der Waals surface area contributed by atoms with Crippen molar-refractivity contribution in [3.05, 3.63) is 86.6 Å². The maximum Gasteiger partial charge on any atom is 0.266 e. The lowest BCUT2D eigenvalue weighted by Gasteiger charge is -2.11. The maximum atomic E-state index is 15.2. The van der Waals surface area contributed by atoms with Crippen LogP contribution in [0, 0.1) is 31.0 Å². The van der Waals surface area contributed by atoms with Crippen molar-refractivity contribution in [2.45, 2.75) is 20.3 Å². The molecule has 0 bridgehead atoms. The molecule has 2 aromatic heterocycles. The maximum absolute atomic E-state index is 15.2. The van der Waals surface area contributed by atoms with Crippen LogP contribution in [-0.2, 0) is 6.42 Å². The highest BCUT2D eigenvalue weighted by Crippen LogP contribution is 2.36. The molecule has 9 heteroatoms. The molecule has 0 aliphatic rings. The summed E-state index contributed by atoms with van der Waals surface area (Å²) >= 11 is 12.2. The fourth-order valence-corrected chi connectivity index (χ4v) is 3.54. The first-order valence-corrected chi connectivity index (χ1v) is 10.2. The van der Waals surface area contributed by atoms with Crippen molar-refractivity contribution in [3.63, 3.8) is 0 Å². The number of aromatic nitrogens is 3. The van der Waals surface area contributed by atoms with Gasteiger partial charge < -0.3 is 9.15 Å². The molecule has 0 amide bonds. The molecule has 0 aliphatic heterocycles. The molecule has 2 heterocycles. The predicted molar refractivity (Wildman–Crippen MR) is 117 cm³/mol. The molecule has 4 aromatic rings. The molecule has 0 aliphatic carbocycles. The number of nitrogens with zero attached hydrogens (tertiary/aromatic N) is 4. The lowest BCUT2D eigenvalue weighted by atomic mass is 10.1. The highest BCUT2D eigenvalue weighted by Gasteiger charge is 2.19. The highest BCUT2D eigenvalue weighted by molar-refractivity contribution is 6.32. The molecule has 2 aromatic carbocycles. The van der Waals surface area contributed by atoms with E-state index in [2.05, 4.69) is 15.2 Å². The normalized spacial score (nSPS) is 10.8. The van der Waals surface area contributed by atoms with Gasteiger partial charge in [0, 0.05) is 16.8 Å². The van der Waals surface area contributed by atoms with Crippen molar-refractivity contribution in [1.82, 2.24) is 15.2 Å². The topological polar surface area (TPSA) is 84.8 Å². The number of hydrogen-bond donors (Lipinski definition) is 0. The van der Waals surface area contributed by atoms with Crippen LogP contribution in [0.4, 0.5) is 4.39 Å². The third-order valence-electron chi connectivity index (χ3n) is 4.58. The predicted octanol–water partition coefficient (Wildman–Crippen LogP) is 6.45. The molecule has 0 saturated heterocycles. The average Bonchev–Trinajstić information content (AvgIpc) is 3.21. The molecule has 0 spiro atoms. The second-order valence-electron chi connectivity index (χ2n) is 7.09. The minimum atomic E-state index is -0.680. The minimum Gasteiger partial charge on any atom is -0.453 e. The van der Waals surface area contributed by atoms with E-state index < -0.39 is 5.82 Å². The molecule has 0 fully saturated rings. The molecular weight excluding hydrogens is 454 g/mol. The Hall–Kier alpha value is -3.47. The molecule has 0 radical (unpaired) electrons. The number of ether oxygens (including phenoxy) is 1. The zero-order valence-corrected chi connectivity index (χ0v) is 18.5. The van der Waals surface area contributed by atoms with Crippen LogP contribution in [0.5, 0.6) is 11.5 Å². The Balaban J connectivity index is 1.62. The molecule has 0 N–H and O–H groups in total. The van der Waals surface area contributed by atoms with Crippen molar-refractivity contribution in [2.75, 3.05) is 0 Å². The Morgan fingerprint density at radius 2 is 1.94 bits per heavy atom. The van der Waals surface area contributed by atoms with Gasteiger partial charge in [0.2, 0.25) is 5.89 Å². The van der Waals surface area contributed by atoms with E-state index in [0.717, 1.165) is 11.1 Å². The Morgan fingerprint density at radius 1 is 1.12 bits per heavy atom. The molecule has 0 unspecified atom stereocenters. The van der Waals surface area contributed by atoms with Crippen LogP contribution < -0.4 is 4.74 Å². The van der Waals surface area contributed by atoms with E-state index in [9.17, 15) is 0 Å². The lowest BCUT2D eigenvalue weighted by molar-refractivity contribution is 0.437. The van der Waals surface area contributed by atoms with E-state index in [-0.39, 0.29) is 50.9 Å². The van der Waals surface area contributed by atoms with E-state index >= 15 is 4.39 Å². The molecule has 0 atom stereocenters. The third-order valence-corrected chi connectivity index (χ3v) is 5.09. The molecule has 160 valence electrons. The van der Waals surface area contributed by atoms with Crippen molar-refractivity contribution >= 4 is 23.2 Å². The van der Waals surface area contributed by atoms with Crippen LogP contribution in [0.15, 0.2) is 47.0 Å². The average molecular weight is 469 g/mol. The Labute approximate surface area is 193 Å². The zero-order valence-electron chi connectivity index (χ0n) is 17.0. The van der Waals surface area contributed by atoms with Crippen molar-refractivity contribution < 1.29 is 13.5 Å². The van der Waals surface area contributed by atoms with Gasteiger partial charge in [-0.3, -0.25) is 4.98 Å². The number of rotatable bonds is 5. The molecule has 4 rings (SSSR count). The monoisotopic (exact) mass is 468 g/mol. The smallest absolute Gasteiger partial charge is 0.266 e. The second kappa shape index (κ2) is 8.95. The van der Waals surface area contributed by atoms with Crippen LogP contribution in [0.25, 0.3) is 11.6 Å². The first kappa shape index (κ1) is 21.8. The van der Waals surface area contributed by atoms with Gasteiger partial charge in [-0.2, -0.15) is 5.26 Å². The highest BCUT2D eigenvalue weighted by atomic mass is 35.5. The van der Waals surface area contributed by atoms with E-state index in [1.165, 1.54) is 30.3 Å². The van der Waals surface area contributed by atoms with Gasteiger partial charge in [0.15, 0.2) is 11.6 Å². The first-order chi connectivity index (χ1) is 15.3. The van der Waals surface area contributed by atoms with Crippen molar-refractivity contribution in [3.8, 4) is 29.2 Å². The van der Waals surface area contributed by atoms with Crippen molar-refractivity contribution in [2.24, 2.45) is 0 Å². The van der Waals surface area contributed by atoms with Crippen molar-refractivity contribution in [1.29, 1.82) is 5.26 Å². The summed E-state index contributed by atoms with van der Waals surface area (Å²) in [7, 11) is 0. The van der Waals surface area contributed by atoms with Crippen LogP contribution in [0.1, 0.15) is 28.1 Å². The Kier molecular flexibility index (Phi) is 6.08. The Bertz CT molecular complexity index is 1360. The number of benzene rings is 2. The largest absolute Gasteiger partial charge is 0.453 e. The number of halogens is 3. The minimum absolute atomic E-state index is 0.0241. The summed E-state index contributed by atoms with van der Waals surface area (Å²) in [6, 6.07) is 11.3. The summed E-state index contributed by atoms with van der Waals surface area (Å²) in [4.78, 5) is 4.34. The van der Waals surface area contributed by atoms with Gasteiger partial charge >= 0.3 is 0 Å². The fraction of sp³-hybridized carbons (Fsp3) is 0.130. The lowest BCUT2D eigenvalue weighted by Crippen LogP contribution is -1.98. The Morgan fingerprint density at radius 3 is 2.69 bits per heavy atom. The van der Waals surface area contributed by atoms with E-state index in [4.69, 9.17) is 37.6 Å². The van der Waals surface area contributed by atoms with Crippen LogP contribution in [0.3, 0.4) is 0 Å². The number of nitriles is 1. The zero-order chi connectivity index (χ0) is 22.8. The number of aryl methyl sites for hydroxylation is 2. The second-order valence-corrected chi connectivity index (χ2v) is 7.94. The molecular formula is C23H15Cl2FN4O2. The summed E-state index contributed by atoms with van der Waals surface area (Å²) < 4.78 is 26.5. The van der Waals surface area contributed by atoms with Gasteiger partial charge in [0.25, 0.3) is 5.89 Å². The van der Waals surface area contributed by atoms with Gasteiger partial charge in [-0.05, 0) is 49.2 Å². The standard InChI is InChI=1S/C23H15Cl2FN4O2/c1-12-5-13(2)21(28-11-12)23-30-29-19(32-23)8-15-3-4-18(25)22(20(15)26)31-17-7-14(10-27)6-16(24)9-17/h3-7,9,11H,8H2,1-2H3. The molecule has 32 heavy (non-hydrogen) atoms. The third kappa shape index (κ3) is 4.57. The van der Waals surface area contributed by atoms with Crippen LogP contribution in [-0.4, -0.2) is 15.2 Å². The fourth-order valence-electron chi connectivity index (χ4n) is 3.13. The van der Waals surface area contributed by atoms with Gasteiger partial charge in [-0.25, -0.2) is 4.39 Å². The SMILES string of the molecule is Cc1cnc(-c2nnc(Cc3ccc(Cl)c(Oc4cc(Cl)cc(C#N)c4)c3F)o2)c(C)c1. The van der Waals surface area contributed by atoms with Gasteiger partial charge in [0.05, 0.1) is 23.1 Å². The van der Waals surface area contributed by atoms with Crippen LogP contribution >= 0.6 is 23.2 Å². The first-order valence-electron chi connectivity index (χ1n) is 9.45. The van der Waals surface area contributed by atoms with Gasteiger partial charge in [-0.1, -0.05) is 35.3 Å². The summed E-state index contributed by atoms with van der Waals surface area (Å²) in [6.07, 6.45) is 1.73. The number of hydrogen-bond acceptors (Lipinski definition) is 6.